The Morgan fingerprint density at radius 1 is 0.328 bits per heavy atom. The van der Waals surface area contributed by atoms with E-state index >= 15 is 0 Å². The molecule has 0 aliphatic carbocycles. The second kappa shape index (κ2) is 47.6. The van der Waals surface area contributed by atoms with E-state index in [2.05, 4.69) is 45.1 Å². The van der Waals surface area contributed by atoms with E-state index in [0.29, 0.717) is 19.3 Å². The highest BCUT2D eigenvalue weighted by Gasteiger charge is 2.19. The number of hydrogen-bond acceptors (Lipinski definition) is 6. The van der Waals surface area contributed by atoms with Gasteiger partial charge in [0, 0.05) is 19.3 Å². The van der Waals surface area contributed by atoms with Crippen molar-refractivity contribution in [3.8, 4) is 0 Å². The average Bonchev–Trinajstić information content (AvgIpc) is 3.22. The second-order valence-corrected chi connectivity index (χ2v) is 17.1. The maximum Gasteiger partial charge on any atom is 0.306 e. The molecule has 340 valence electrons. The Morgan fingerprint density at radius 2 is 0.569 bits per heavy atom. The van der Waals surface area contributed by atoms with Crippen LogP contribution in [-0.4, -0.2) is 37.2 Å². The van der Waals surface area contributed by atoms with Crippen molar-refractivity contribution >= 4 is 17.9 Å². The van der Waals surface area contributed by atoms with Gasteiger partial charge in [-0.25, -0.2) is 0 Å². The van der Waals surface area contributed by atoms with Crippen LogP contribution in [0.15, 0.2) is 24.3 Å². The number of hydrogen-bond donors (Lipinski definition) is 0. The third-order valence-corrected chi connectivity index (χ3v) is 11.2. The van der Waals surface area contributed by atoms with E-state index in [9.17, 15) is 14.4 Å². The maximum atomic E-state index is 12.7. The molecule has 1 atom stereocenters. The molecule has 1 unspecified atom stereocenters. The molecule has 58 heavy (non-hydrogen) atoms. The SMILES string of the molecule is CCCCCCCCC/C=C\CCCCCCCC(=O)OCC(COC(=O)CCCCCCCCCC)OC(=O)CCCCCCC/C=C\CCCCCCCCC. The van der Waals surface area contributed by atoms with Crippen LogP contribution in [0, 0.1) is 0 Å². The van der Waals surface area contributed by atoms with Crippen LogP contribution in [0.5, 0.6) is 0 Å². The Bertz CT molecular complexity index is 942. The first-order valence-electron chi connectivity index (χ1n) is 25.3. The molecule has 0 rings (SSSR count). The van der Waals surface area contributed by atoms with Gasteiger partial charge in [-0.3, -0.25) is 14.4 Å². The van der Waals surface area contributed by atoms with Crippen LogP contribution in [0.3, 0.4) is 0 Å². The first kappa shape index (κ1) is 55.9. The molecular weight excluding hydrogens is 721 g/mol. The lowest BCUT2D eigenvalue weighted by molar-refractivity contribution is -0.167. The predicted octanol–water partition coefficient (Wildman–Crippen LogP) is 16.4. The van der Waals surface area contributed by atoms with Gasteiger partial charge in [0.15, 0.2) is 6.10 Å². The molecule has 0 heterocycles. The Balaban J connectivity index is 4.30. The summed E-state index contributed by atoms with van der Waals surface area (Å²) in [6, 6.07) is 0. The summed E-state index contributed by atoms with van der Waals surface area (Å²) >= 11 is 0. The van der Waals surface area contributed by atoms with Crippen molar-refractivity contribution in [2.45, 2.75) is 277 Å². The van der Waals surface area contributed by atoms with Crippen LogP contribution in [0.1, 0.15) is 271 Å². The maximum absolute atomic E-state index is 12.7. The minimum Gasteiger partial charge on any atom is -0.462 e. The molecular formula is C52H96O6. The van der Waals surface area contributed by atoms with Gasteiger partial charge in [-0.1, -0.05) is 206 Å². The molecule has 6 nitrogen and oxygen atoms in total. The molecule has 0 fully saturated rings. The lowest BCUT2D eigenvalue weighted by Crippen LogP contribution is -2.30. The number of carbonyl (C=O) groups excluding carboxylic acids is 3. The Hall–Kier alpha value is -2.11. The summed E-state index contributed by atoms with van der Waals surface area (Å²) in [5.41, 5.74) is 0. The fourth-order valence-electron chi connectivity index (χ4n) is 7.31. The van der Waals surface area contributed by atoms with Crippen molar-refractivity contribution < 1.29 is 28.6 Å². The minimum absolute atomic E-state index is 0.0746. The van der Waals surface area contributed by atoms with Crippen LogP contribution >= 0.6 is 0 Å². The van der Waals surface area contributed by atoms with E-state index in [-0.39, 0.29) is 31.1 Å². The molecule has 0 aliphatic heterocycles. The van der Waals surface area contributed by atoms with Gasteiger partial charge in [-0.05, 0) is 70.6 Å². The summed E-state index contributed by atoms with van der Waals surface area (Å²) in [6.45, 7) is 6.61. The van der Waals surface area contributed by atoms with Gasteiger partial charge in [0.05, 0.1) is 0 Å². The monoisotopic (exact) mass is 817 g/mol. The first-order chi connectivity index (χ1) is 28.5. The summed E-state index contributed by atoms with van der Waals surface area (Å²) in [5.74, 6) is -0.886. The number of unbranched alkanes of at least 4 members (excludes halogenated alkanes) is 31. The van der Waals surface area contributed by atoms with E-state index in [0.717, 1.165) is 70.6 Å². The molecule has 0 amide bonds. The highest BCUT2D eigenvalue weighted by atomic mass is 16.6. The van der Waals surface area contributed by atoms with Crippen LogP contribution in [0.2, 0.25) is 0 Å². The van der Waals surface area contributed by atoms with Gasteiger partial charge in [-0.15, -0.1) is 0 Å². The van der Waals surface area contributed by atoms with Gasteiger partial charge in [0.2, 0.25) is 0 Å². The molecule has 0 N–H and O–H groups in total. The van der Waals surface area contributed by atoms with E-state index in [1.165, 1.54) is 161 Å². The standard InChI is InChI=1S/C52H96O6/c1-4-7-10-13-16-19-21-23-25-27-29-31-33-36-39-42-45-51(54)57-48-49(47-56-50(53)44-41-38-35-18-15-12-9-6-3)58-52(55)46-43-40-37-34-32-30-28-26-24-22-20-17-14-11-8-5-2/h25-28,49H,4-24,29-48H2,1-3H3/b27-25-,28-26-. The summed E-state index contributed by atoms with van der Waals surface area (Å²) < 4.78 is 16.7. The summed E-state index contributed by atoms with van der Waals surface area (Å²) in [6.07, 6.45) is 53.1. The molecule has 0 saturated carbocycles. The van der Waals surface area contributed by atoms with Crippen LogP contribution in [-0.2, 0) is 28.6 Å². The van der Waals surface area contributed by atoms with Crippen molar-refractivity contribution in [1.29, 1.82) is 0 Å². The summed E-state index contributed by atoms with van der Waals surface area (Å²) in [7, 11) is 0. The normalized spacial score (nSPS) is 12.1. The summed E-state index contributed by atoms with van der Waals surface area (Å²) in [5, 5.41) is 0. The van der Waals surface area contributed by atoms with Crippen molar-refractivity contribution in [2.75, 3.05) is 13.2 Å². The molecule has 0 spiro atoms. The van der Waals surface area contributed by atoms with Gasteiger partial charge < -0.3 is 14.2 Å². The largest absolute Gasteiger partial charge is 0.462 e. The molecule has 0 radical (unpaired) electrons. The number of allylic oxidation sites excluding steroid dienone is 4. The number of rotatable bonds is 46. The molecule has 0 aliphatic rings. The average molecular weight is 817 g/mol. The molecule has 0 aromatic carbocycles. The van der Waals surface area contributed by atoms with E-state index in [1.807, 2.05) is 0 Å². The summed E-state index contributed by atoms with van der Waals surface area (Å²) in [4.78, 5) is 37.8. The molecule has 6 heteroatoms. The lowest BCUT2D eigenvalue weighted by atomic mass is 10.1. The van der Waals surface area contributed by atoms with E-state index in [4.69, 9.17) is 14.2 Å². The van der Waals surface area contributed by atoms with E-state index < -0.39 is 6.10 Å². The highest BCUT2D eigenvalue weighted by molar-refractivity contribution is 5.71. The molecule has 0 aromatic heterocycles. The van der Waals surface area contributed by atoms with Crippen molar-refractivity contribution in [3.05, 3.63) is 24.3 Å². The third kappa shape index (κ3) is 45.0. The van der Waals surface area contributed by atoms with Gasteiger partial charge in [-0.2, -0.15) is 0 Å². The number of esters is 3. The molecule has 0 aromatic rings. The van der Waals surface area contributed by atoms with Crippen LogP contribution in [0.4, 0.5) is 0 Å². The van der Waals surface area contributed by atoms with Crippen molar-refractivity contribution in [1.82, 2.24) is 0 Å². The predicted molar refractivity (Wildman–Crippen MR) is 247 cm³/mol. The smallest absolute Gasteiger partial charge is 0.306 e. The van der Waals surface area contributed by atoms with Crippen LogP contribution < -0.4 is 0 Å². The van der Waals surface area contributed by atoms with Crippen molar-refractivity contribution in [2.24, 2.45) is 0 Å². The third-order valence-electron chi connectivity index (χ3n) is 11.2. The zero-order chi connectivity index (χ0) is 42.3. The van der Waals surface area contributed by atoms with Crippen LogP contribution in [0.25, 0.3) is 0 Å². The Kier molecular flexibility index (Phi) is 45.8. The number of ether oxygens (including phenoxy) is 3. The zero-order valence-corrected chi connectivity index (χ0v) is 38.8. The van der Waals surface area contributed by atoms with Crippen molar-refractivity contribution in [3.63, 3.8) is 0 Å². The Morgan fingerprint density at radius 3 is 0.862 bits per heavy atom. The van der Waals surface area contributed by atoms with Gasteiger partial charge in [0.1, 0.15) is 13.2 Å². The highest BCUT2D eigenvalue weighted by Crippen LogP contribution is 2.15. The lowest BCUT2D eigenvalue weighted by Gasteiger charge is -2.18. The number of carbonyl (C=O) groups is 3. The fraction of sp³-hybridized carbons (Fsp3) is 0.865. The minimum atomic E-state index is -0.773. The van der Waals surface area contributed by atoms with Gasteiger partial charge in [0.25, 0.3) is 0 Å². The zero-order valence-electron chi connectivity index (χ0n) is 38.8. The first-order valence-corrected chi connectivity index (χ1v) is 25.3. The Labute approximate surface area is 360 Å². The topological polar surface area (TPSA) is 78.9 Å². The van der Waals surface area contributed by atoms with Gasteiger partial charge >= 0.3 is 17.9 Å². The molecule has 0 saturated heterocycles. The fourth-order valence-corrected chi connectivity index (χ4v) is 7.31. The van der Waals surface area contributed by atoms with E-state index in [1.54, 1.807) is 0 Å². The quantitative estimate of drug-likeness (QED) is 0.0263. The second-order valence-electron chi connectivity index (χ2n) is 17.1. The molecule has 0 bridgehead atoms.